The van der Waals surface area contributed by atoms with E-state index in [1.54, 1.807) is 0 Å². The van der Waals surface area contributed by atoms with E-state index in [-0.39, 0.29) is 0 Å². The second-order valence-electron chi connectivity index (χ2n) is 3.90. The number of hydrogen-bond acceptors (Lipinski definition) is 1. The Labute approximate surface area is 102 Å². The summed E-state index contributed by atoms with van der Waals surface area (Å²) < 4.78 is 0. The Morgan fingerprint density at radius 1 is 1.27 bits per heavy atom. The van der Waals surface area contributed by atoms with E-state index in [1.165, 1.54) is 12.8 Å². The van der Waals surface area contributed by atoms with Crippen LogP contribution < -0.4 is 5.32 Å². The molecule has 1 rings (SSSR count). The zero-order valence-corrected chi connectivity index (χ0v) is 10.7. The molecular formula is C12H17Cl2N. The van der Waals surface area contributed by atoms with E-state index in [9.17, 15) is 0 Å². The third-order valence-electron chi connectivity index (χ3n) is 2.36. The summed E-state index contributed by atoms with van der Waals surface area (Å²) in [7, 11) is 0. The van der Waals surface area contributed by atoms with E-state index in [2.05, 4.69) is 19.2 Å². The van der Waals surface area contributed by atoms with Crippen LogP contribution in [0.1, 0.15) is 26.7 Å². The Bertz CT molecular complexity index is 312. The molecule has 0 bridgehead atoms. The normalized spacial score (nSPS) is 12.5. The van der Waals surface area contributed by atoms with Crippen molar-refractivity contribution in [1.82, 2.24) is 0 Å². The van der Waals surface area contributed by atoms with Gasteiger partial charge in [-0.3, -0.25) is 0 Å². The quantitative estimate of drug-likeness (QED) is 0.783. The first-order chi connectivity index (χ1) is 7.13. The SMILES string of the molecule is CCCC(C)CNc1ccc(Cl)c(Cl)c1. The minimum absolute atomic E-state index is 0.601. The Balaban J connectivity index is 2.47. The molecule has 0 spiro atoms. The summed E-state index contributed by atoms with van der Waals surface area (Å²) in [6.45, 7) is 5.43. The summed E-state index contributed by atoms with van der Waals surface area (Å²) in [5.41, 5.74) is 1.03. The van der Waals surface area contributed by atoms with Gasteiger partial charge in [0, 0.05) is 12.2 Å². The summed E-state index contributed by atoms with van der Waals surface area (Å²) >= 11 is 11.8. The Kier molecular flexibility index (Phi) is 5.27. The second kappa shape index (κ2) is 6.24. The van der Waals surface area contributed by atoms with E-state index in [0.717, 1.165) is 12.2 Å². The number of halogens is 2. The van der Waals surface area contributed by atoms with Crippen LogP contribution in [0.4, 0.5) is 5.69 Å². The molecule has 0 saturated carbocycles. The zero-order chi connectivity index (χ0) is 11.3. The molecular weight excluding hydrogens is 229 g/mol. The molecule has 15 heavy (non-hydrogen) atoms. The van der Waals surface area contributed by atoms with E-state index in [4.69, 9.17) is 23.2 Å². The third-order valence-corrected chi connectivity index (χ3v) is 3.09. The van der Waals surface area contributed by atoms with Crippen molar-refractivity contribution in [3.05, 3.63) is 28.2 Å². The fraction of sp³-hybridized carbons (Fsp3) is 0.500. The van der Waals surface area contributed by atoms with Gasteiger partial charge in [-0.2, -0.15) is 0 Å². The molecule has 0 heterocycles. The molecule has 1 aromatic carbocycles. The van der Waals surface area contributed by atoms with Gasteiger partial charge < -0.3 is 5.32 Å². The van der Waals surface area contributed by atoms with Gasteiger partial charge in [-0.15, -0.1) is 0 Å². The first-order valence-electron chi connectivity index (χ1n) is 5.32. The molecule has 84 valence electrons. The lowest BCUT2D eigenvalue weighted by molar-refractivity contribution is 0.551. The predicted molar refractivity (Wildman–Crippen MR) is 69.0 cm³/mol. The van der Waals surface area contributed by atoms with Crippen molar-refractivity contribution in [3.63, 3.8) is 0 Å². The van der Waals surface area contributed by atoms with Gasteiger partial charge in [-0.25, -0.2) is 0 Å². The molecule has 1 aromatic rings. The van der Waals surface area contributed by atoms with Crippen LogP contribution in [0, 0.1) is 5.92 Å². The molecule has 0 fully saturated rings. The van der Waals surface area contributed by atoms with Gasteiger partial charge in [0.05, 0.1) is 10.0 Å². The van der Waals surface area contributed by atoms with Crippen molar-refractivity contribution in [2.75, 3.05) is 11.9 Å². The molecule has 0 aliphatic carbocycles. The minimum atomic E-state index is 0.601. The number of anilines is 1. The molecule has 3 heteroatoms. The number of rotatable bonds is 5. The first kappa shape index (κ1) is 12.7. The topological polar surface area (TPSA) is 12.0 Å². The number of hydrogen-bond donors (Lipinski definition) is 1. The van der Waals surface area contributed by atoms with Crippen LogP contribution in [-0.4, -0.2) is 6.54 Å². The highest BCUT2D eigenvalue weighted by Crippen LogP contribution is 2.25. The number of nitrogens with one attached hydrogen (secondary N) is 1. The Morgan fingerprint density at radius 2 is 2.00 bits per heavy atom. The maximum Gasteiger partial charge on any atom is 0.0612 e. The summed E-state index contributed by atoms with van der Waals surface area (Å²) in [6, 6.07) is 5.63. The maximum absolute atomic E-state index is 5.92. The molecule has 0 saturated heterocycles. The molecule has 1 unspecified atom stereocenters. The molecule has 1 nitrogen and oxygen atoms in total. The highest BCUT2D eigenvalue weighted by molar-refractivity contribution is 6.42. The van der Waals surface area contributed by atoms with Gasteiger partial charge in [0.15, 0.2) is 0 Å². The molecule has 0 radical (unpaired) electrons. The van der Waals surface area contributed by atoms with E-state index < -0.39 is 0 Å². The van der Waals surface area contributed by atoms with Gasteiger partial charge in [-0.1, -0.05) is 43.5 Å². The van der Waals surface area contributed by atoms with Crippen LogP contribution in [0.2, 0.25) is 10.0 Å². The lowest BCUT2D eigenvalue weighted by Crippen LogP contribution is -2.10. The standard InChI is InChI=1S/C12H17Cl2N/c1-3-4-9(2)8-15-10-5-6-11(13)12(14)7-10/h5-7,9,15H,3-4,8H2,1-2H3. The number of benzene rings is 1. The molecule has 0 aromatic heterocycles. The molecule has 0 aliphatic heterocycles. The van der Waals surface area contributed by atoms with Gasteiger partial charge >= 0.3 is 0 Å². The lowest BCUT2D eigenvalue weighted by Gasteiger charge is -2.12. The maximum atomic E-state index is 5.92. The van der Waals surface area contributed by atoms with Crippen LogP contribution in [0.25, 0.3) is 0 Å². The highest BCUT2D eigenvalue weighted by Gasteiger charge is 2.02. The minimum Gasteiger partial charge on any atom is -0.385 e. The molecule has 0 amide bonds. The van der Waals surface area contributed by atoms with Crippen molar-refractivity contribution in [3.8, 4) is 0 Å². The van der Waals surface area contributed by atoms with Crippen molar-refractivity contribution < 1.29 is 0 Å². The van der Waals surface area contributed by atoms with E-state index >= 15 is 0 Å². The highest BCUT2D eigenvalue weighted by atomic mass is 35.5. The van der Waals surface area contributed by atoms with Crippen LogP contribution in [0.15, 0.2) is 18.2 Å². The predicted octanol–water partition coefficient (Wildman–Crippen LogP) is 4.84. The van der Waals surface area contributed by atoms with Crippen LogP contribution >= 0.6 is 23.2 Å². The van der Waals surface area contributed by atoms with E-state index in [1.807, 2.05) is 18.2 Å². The monoisotopic (exact) mass is 245 g/mol. The van der Waals surface area contributed by atoms with Gasteiger partial charge in [0.2, 0.25) is 0 Å². The lowest BCUT2D eigenvalue weighted by atomic mass is 10.1. The average molecular weight is 246 g/mol. The van der Waals surface area contributed by atoms with Gasteiger partial charge in [0.25, 0.3) is 0 Å². The second-order valence-corrected chi connectivity index (χ2v) is 4.72. The van der Waals surface area contributed by atoms with Crippen LogP contribution in [0.3, 0.4) is 0 Å². The fourth-order valence-corrected chi connectivity index (χ4v) is 1.79. The molecule has 1 N–H and O–H groups in total. The summed E-state index contributed by atoms with van der Waals surface area (Å²) in [6.07, 6.45) is 2.47. The Morgan fingerprint density at radius 3 is 2.60 bits per heavy atom. The average Bonchev–Trinajstić information content (AvgIpc) is 2.20. The summed E-state index contributed by atoms with van der Waals surface area (Å²) in [5.74, 6) is 0.685. The smallest absolute Gasteiger partial charge is 0.0612 e. The molecule has 1 atom stereocenters. The van der Waals surface area contributed by atoms with Crippen molar-refractivity contribution >= 4 is 28.9 Å². The Hall–Kier alpha value is -0.400. The van der Waals surface area contributed by atoms with Gasteiger partial charge in [0.1, 0.15) is 0 Å². The largest absolute Gasteiger partial charge is 0.385 e. The van der Waals surface area contributed by atoms with Gasteiger partial charge in [-0.05, 0) is 30.5 Å². The van der Waals surface area contributed by atoms with Crippen LogP contribution in [0.5, 0.6) is 0 Å². The summed E-state index contributed by atoms with van der Waals surface area (Å²) in [5, 5.41) is 4.56. The first-order valence-corrected chi connectivity index (χ1v) is 6.08. The summed E-state index contributed by atoms with van der Waals surface area (Å²) in [4.78, 5) is 0. The third kappa shape index (κ3) is 4.31. The van der Waals surface area contributed by atoms with Crippen molar-refractivity contribution in [1.29, 1.82) is 0 Å². The van der Waals surface area contributed by atoms with Crippen molar-refractivity contribution in [2.24, 2.45) is 5.92 Å². The molecule has 0 aliphatic rings. The fourth-order valence-electron chi connectivity index (χ4n) is 1.49. The van der Waals surface area contributed by atoms with Crippen LogP contribution in [-0.2, 0) is 0 Å². The van der Waals surface area contributed by atoms with Crippen molar-refractivity contribution in [2.45, 2.75) is 26.7 Å². The zero-order valence-electron chi connectivity index (χ0n) is 9.19. The van der Waals surface area contributed by atoms with E-state index in [0.29, 0.717) is 16.0 Å².